The summed E-state index contributed by atoms with van der Waals surface area (Å²) in [6, 6.07) is 11.9. The molecule has 1 saturated carbocycles. The van der Waals surface area contributed by atoms with Crippen molar-refractivity contribution in [3.8, 4) is 5.75 Å². The number of hydrogen-bond donors (Lipinski definition) is 3. The molecule has 2 aliphatic carbocycles. The average molecular weight is 749 g/mol. The third-order valence-electron chi connectivity index (χ3n) is 14.1. The highest BCUT2D eigenvalue weighted by molar-refractivity contribution is 5.92. The van der Waals surface area contributed by atoms with E-state index in [1.807, 2.05) is 25.1 Å². The number of esters is 2. The van der Waals surface area contributed by atoms with Gasteiger partial charge in [-0.1, -0.05) is 29.8 Å². The number of fused-ring (bicyclic) bond motifs is 9. The second-order valence-electron chi connectivity index (χ2n) is 16.9. The maximum absolute atomic E-state index is 13.3. The smallest absolute Gasteiger partial charge is 0.303 e. The fourth-order valence-electron chi connectivity index (χ4n) is 12.2. The molecule has 290 valence electrons. The number of hydrogen-bond acceptors (Lipinski definition) is 9. The fourth-order valence-corrected chi connectivity index (χ4v) is 12.2. The average Bonchev–Trinajstić information content (AvgIpc) is 3.69. The summed E-state index contributed by atoms with van der Waals surface area (Å²) in [6.45, 7) is 8.61. The molecule has 11 nitrogen and oxygen atoms in total. The highest BCUT2D eigenvalue weighted by atomic mass is 16.6. The standard InChI is InChI=1S/C44H52N4O7/c1-7-27-21-47(5)37-18-32-28-10-8-9-11-35(28)45-39(32)33(17-34(27)44(37,22-49)55-25(4)52)38-36(53-6)13-12-29-30-14-15-48-20-26-16-31(23(2)50)42(48)43(19-26,54-24(3)51)41(30)46-40(29)38/h7-13,26,31,33-34,37,42,45-46,49H,14-22H2,1-6H3. The van der Waals surface area contributed by atoms with Crippen molar-refractivity contribution in [2.24, 2.45) is 17.8 Å². The second kappa shape index (κ2) is 13.1. The lowest BCUT2D eigenvalue weighted by molar-refractivity contribution is -0.201. The summed E-state index contributed by atoms with van der Waals surface area (Å²) in [7, 11) is 3.75. The minimum atomic E-state index is -1.20. The van der Waals surface area contributed by atoms with Gasteiger partial charge in [0, 0.05) is 78.8 Å². The molecular weight excluding hydrogens is 697 g/mol. The lowest BCUT2D eigenvalue weighted by Crippen LogP contribution is -2.66. The van der Waals surface area contributed by atoms with Crippen LogP contribution in [-0.2, 0) is 42.3 Å². The largest absolute Gasteiger partial charge is 0.496 e. The third kappa shape index (κ3) is 5.22. The van der Waals surface area contributed by atoms with Crippen LogP contribution in [0.15, 0.2) is 48.0 Å². The number of ether oxygens (including phenoxy) is 3. The Morgan fingerprint density at radius 1 is 1.00 bits per heavy atom. The minimum Gasteiger partial charge on any atom is -0.496 e. The maximum Gasteiger partial charge on any atom is 0.303 e. The van der Waals surface area contributed by atoms with E-state index in [0.717, 1.165) is 81.4 Å². The van der Waals surface area contributed by atoms with Gasteiger partial charge in [-0.25, -0.2) is 0 Å². The van der Waals surface area contributed by atoms with Gasteiger partial charge in [0.05, 0.1) is 37.0 Å². The lowest BCUT2D eigenvalue weighted by Gasteiger charge is -2.57. The lowest BCUT2D eigenvalue weighted by atomic mass is 9.62. The number of methoxy groups -OCH3 is 1. The van der Waals surface area contributed by atoms with Gasteiger partial charge in [-0.3, -0.25) is 24.2 Å². The fraction of sp³-hybridized carbons (Fsp3) is 0.523. The molecule has 4 aromatic rings. The van der Waals surface area contributed by atoms with Crippen molar-refractivity contribution in [3.05, 3.63) is 76.1 Å². The van der Waals surface area contributed by atoms with Crippen LogP contribution < -0.4 is 4.74 Å². The van der Waals surface area contributed by atoms with Crippen molar-refractivity contribution in [3.63, 3.8) is 0 Å². The number of ketones is 1. The molecule has 6 bridgehead atoms. The van der Waals surface area contributed by atoms with Gasteiger partial charge in [0.15, 0.2) is 11.2 Å². The molecule has 0 spiro atoms. The normalized spacial score (nSPS) is 33.4. The van der Waals surface area contributed by atoms with Gasteiger partial charge in [0.2, 0.25) is 0 Å². The summed E-state index contributed by atoms with van der Waals surface area (Å²) in [5.41, 5.74) is 5.97. The summed E-state index contributed by atoms with van der Waals surface area (Å²) in [4.78, 5) is 51.9. The first kappa shape index (κ1) is 36.2. The molecule has 0 radical (unpaired) electrons. The zero-order valence-corrected chi connectivity index (χ0v) is 32.7. The van der Waals surface area contributed by atoms with Crippen molar-refractivity contribution in [2.45, 2.75) is 89.0 Å². The molecule has 11 heteroatoms. The van der Waals surface area contributed by atoms with Crippen molar-refractivity contribution < 1.29 is 33.7 Å². The number of aliphatic hydroxyl groups excluding tert-OH is 1. The summed E-state index contributed by atoms with van der Waals surface area (Å²) in [5, 5.41) is 13.6. The molecule has 6 aliphatic rings. The number of aliphatic hydroxyl groups is 1. The monoisotopic (exact) mass is 748 g/mol. The van der Waals surface area contributed by atoms with Gasteiger partial charge >= 0.3 is 11.9 Å². The number of Topliss-reactive ketones (excluding diaryl/α,β-unsaturated/α-hetero) is 1. The van der Waals surface area contributed by atoms with Gasteiger partial charge in [-0.15, -0.1) is 0 Å². The quantitative estimate of drug-likeness (QED) is 0.172. The molecule has 55 heavy (non-hydrogen) atoms. The molecule has 3 N–H and O–H groups in total. The highest BCUT2D eigenvalue weighted by Crippen LogP contribution is 2.57. The number of carbonyl (C=O) groups excluding carboxylic acids is 3. The highest BCUT2D eigenvalue weighted by Gasteiger charge is 2.62. The van der Waals surface area contributed by atoms with Crippen molar-refractivity contribution in [1.82, 2.24) is 19.8 Å². The van der Waals surface area contributed by atoms with Gasteiger partial charge in [-0.05, 0) is 88.2 Å². The Hall–Kier alpha value is -4.45. The number of likely N-dealkylation sites (N-methyl/N-ethyl adjacent to an activating group) is 1. The Kier molecular flexibility index (Phi) is 8.60. The van der Waals surface area contributed by atoms with Gasteiger partial charge in [0.1, 0.15) is 11.5 Å². The Morgan fingerprint density at radius 3 is 2.49 bits per heavy atom. The number of aromatic nitrogens is 2. The number of nitrogens with zero attached hydrogens (tertiary/aromatic N) is 2. The zero-order valence-electron chi connectivity index (χ0n) is 32.7. The molecule has 0 amide bonds. The van der Waals surface area contributed by atoms with Crippen LogP contribution in [0.25, 0.3) is 21.8 Å². The summed E-state index contributed by atoms with van der Waals surface area (Å²) in [6.07, 6.45) is 5.38. The number of rotatable bonds is 6. The number of nitrogens with one attached hydrogen (secondary N) is 2. The molecule has 3 saturated heterocycles. The summed E-state index contributed by atoms with van der Waals surface area (Å²) < 4.78 is 19.2. The van der Waals surface area contributed by atoms with Crippen LogP contribution in [0.3, 0.4) is 0 Å². The molecule has 9 atom stereocenters. The first-order chi connectivity index (χ1) is 26.4. The van der Waals surface area contributed by atoms with E-state index in [-0.39, 0.29) is 54.1 Å². The zero-order chi connectivity index (χ0) is 38.6. The molecule has 9 unspecified atom stereocenters. The summed E-state index contributed by atoms with van der Waals surface area (Å²) in [5.74, 6) is -0.550. The molecular formula is C44H52N4O7. The number of allylic oxidation sites excluding steroid dienone is 1. The Morgan fingerprint density at radius 2 is 1.78 bits per heavy atom. The van der Waals surface area contributed by atoms with E-state index in [9.17, 15) is 19.5 Å². The molecule has 4 aliphatic heterocycles. The number of carbonyl (C=O) groups is 3. The van der Waals surface area contributed by atoms with Gasteiger partial charge in [-0.2, -0.15) is 0 Å². The topological polar surface area (TPSA) is 137 Å². The number of para-hydroxylation sites is 1. The van der Waals surface area contributed by atoms with Crippen LogP contribution in [0.4, 0.5) is 0 Å². The van der Waals surface area contributed by atoms with Crippen LogP contribution in [0.1, 0.15) is 81.0 Å². The van der Waals surface area contributed by atoms with Crippen molar-refractivity contribution in [2.75, 3.05) is 40.4 Å². The van der Waals surface area contributed by atoms with Crippen LogP contribution in [0, 0.1) is 17.8 Å². The van der Waals surface area contributed by atoms with Crippen molar-refractivity contribution in [1.29, 1.82) is 0 Å². The maximum atomic E-state index is 13.3. The van der Waals surface area contributed by atoms with Crippen LogP contribution in [0.2, 0.25) is 0 Å². The first-order valence-electron chi connectivity index (χ1n) is 19.9. The van der Waals surface area contributed by atoms with E-state index in [4.69, 9.17) is 14.2 Å². The predicted molar refractivity (Wildman–Crippen MR) is 208 cm³/mol. The Bertz CT molecular complexity index is 2270. The number of aromatic amines is 2. The number of benzene rings is 2. The molecule has 6 heterocycles. The minimum absolute atomic E-state index is 0.134. The molecule has 4 fully saturated rings. The number of piperidine rings is 3. The SMILES string of the molecule is CC=C1CN(C)C2Cc3c([nH]c4ccccc34)C(c3c(OC)ccc4c5c([nH]c34)C3(OC(C)=O)CC4CC(C(C)=O)C3N(CC5)C4)CC1C2(CO)OC(C)=O. The van der Waals surface area contributed by atoms with Gasteiger partial charge in [0.25, 0.3) is 0 Å². The van der Waals surface area contributed by atoms with Crippen LogP contribution in [-0.4, -0.2) is 101 Å². The second-order valence-corrected chi connectivity index (χ2v) is 16.9. The number of likely N-dealkylation sites (tertiary alicyclic amines) is 1. The predicted octanol–water partition coefficient (Wildman–Crippen LogP) is 5.52. The Labute approximate surface area is 321 Å². The molecule has 2 aromatic carbocycles. The van der Waals surface area contributed by atoms with Crippen molar-refractivity contribution >= 4 is 39.5 Å². The van der Waals surface area contributed by atoms with Gasteiger partial charge < -0.3 is 29.3 Å². The van der Waals surface area contributed by atoms with E-state index in [2.05, 4.69) is 51.1 Å². The third-order valence-corrected chi connectivity index (χ3v) is 14.1. The van der Waals surface area contributed by atoms with E-state index in [0.29, 0.717) is 31.6 Å². The van der Waals surface area contributed by atoms with Crippen LogP contribution in [0.5, 0.6) is 5.75 Å². The molecule has 10 rings (SSSR count). The van der Waals surface area contributed by atoms with E-state index in [1.54, 1.807) is 14.0 Å². The summed E-state index contributed by atoms with van der Waals surface area (Å²) >= 11 is 0. The first-order valence-corrected chi connectivity index (χ1v) is 19.9. The van der Waals surface area contributed by atoms with E-state index in [1.165, 1.54) is 13.8 Å². The van der Waals surface area contributed by atoms with E-state index >= 15 is 0 Å². The molecule has 2 aromatic heterocycles. The van der Waals surface area contributed by atoms with E-state index < -0.39 is 17.2 Å². The van der Waals surface area contributed by atoms with Crippen LogP contribution >= 0.6 is 0 Å². The Balaban J connectivity index is 1.33. The number of H-pyrrole nitrogens is 2.